The molecule has 0 spiro atoms. The number of anilines is 2. The molecule has 0 aliphatic heterocycles. The number of aromatic nitrogens is 1. The maximum atomic E-state index is 13.8. The molecule has 6 N–H and O–H groups in total. The Hall–Kier alpha value is -3.93. The summed E-state index contributed by atoms with van der Waals surface area (Å²) in [5.74, 6) is -0.444. The van der Waals surface area contributed by atoms with Crippen LogP contribution in [0.3, 0.4) is 0 Å². The Balaban J connectivity index is 1.64. The molecule has 1 aromatic heterocycles. The van der Waals surface area contributed by atoms with Gasteiger partial charge in [-0.25, -0.2) is 8.42 Å². The van der Waals surface area contributed by atoms with Gasteiger partial charge in [-0.3, -0.25) is 4.79 Å². The minimum absolute atomic E-state index is 0.0111. The van der Waals surface area contributed by atoms with E-state index in [4.69, 9.17) is 15.9 Å². The fourth-order valence-corrected chi connectivity index (χ4v) is 6.18. The van der Waals surface area contributed by atoms with Crippen LogP contribution in [-0.4, -0.2) is 54.0 Å². The van der Waals surface area contributed by atoms with Crippen LogP contribution >= 0.6 is 0 Å². The smallest absolute Gasteiger partial charge is 0.292 e. The highest BCUT2D eigenvalue weighted by Gasteiger charge is 2.32. The molecule has 2 atom stereocenters. The first-order valence-electron chi connectivity index (χ1n) is 13.0. The Kier molecular flexibility index (Phi) is 8.77. The van der Waals surface area contributed by atoms with Gasteiger partial charge in [-0.2, -0.15) is 9.29 Å². The first-order valence-corrected chi connectivity index (χ1v) is 14.4. The average molecular weight is 566 g/mol. The Morgan fingerprint density at radius 1 is 1.05 bits per heavy atom. The molecule has 4 rings (SSSR count). The summed E-state index contributed by atoms with van der Waals surface area (Å²) in [6.45, 7) is 5.44. The molecule has 0 saturated heterocycles. The number of carbonyl (C=O) groups is 1. The van der Waals surface area contributed by atoms with Crippen molar-refractivity contribution in [1.29, 1.82) is 0 Å². The van der Waals surface area contributed by atoms with Crippen LogP contribution in [0.25, 0.3) is 11.1 Å². The van der Waals surface area contributed by atoms with E-state index in [9.17, 15) is 18.3 Å². The molecule has 212 valence electrons. The van der Waals surface area contributed by atoms with E-state index in [1.165, 1.54) is 22.5 Å². The first-order chi connectivity index (χ1) is 19.0. The van der Waals surface area contributed by atoms with Gasteiger partial charge in [0.15, 0.2) is 5.58 Å². The van der Waals surface area contributed by atoms with Gasteiger partial charge < -0.3 is 26.3 Å². The van der Waals surface area contributed by atoms with Crippen molar-refractivity contribution in [2.45, 2.75) is 44.2 Å². The topological polar surface area (TPSA) is 165 Å². The lowest BCUT2D eigenvalue weighted by atomic mass is 9.99. The third-order valence-corrected chi connectivity index (χ3v) is 8.50. The van der Waals surface area contributed by atoms with E-state index >= 15 is 0 Å². The number of fused-ring (bicyclic) bond motifs is 1. The summed E-state index contributed by atoms with van der Waals surface area (Å²) in [6.07, 6.45) is -0.947. The molecule has 10 nitrogen and oxygen atoms in total. The molecular weight excluding hydrogens is 530 g/mol. The highest BCUT2D eigenvalue weighted by Crippen LogP contribution is 2.25. The normalized spacial score (nSPS) is 13.6. The number of nitrogens with two attached hydrogens (primary N) is 2. The molecule has 1 heterocycles. The van der Waals surface area contributed by atoms with Gasteiger partial charge in [0.05, 0.1) is 17.0 Å². The number of oxazole rings is 1. The van der Waals surface area contributed by atoms with Crippen molar-refractivity contribution in [1.82, 2.24) is 14.6 Å². The number of benzene rings is 3. The third kappa shape index (κ3) is 6.61. The van der Waals surface area contributed by atoms with Crippen molar-refractivity contribution >= 4 is 38.7 Å². The molecule has 0 fully saturated rings. The summed E-state index contributed by atoms with van der Waals surface area (Å²) < 4.78 is 34.1. The van der Waals surface area contributed by atoms with Crippen molar-refractivity contribution < 1.29 is 22.7 Å². The van der Waals surface area contributed by atoms with E-state index in [1.54, 1.807) is 25.1 Å². The fraction of sp³-hybridized carbons (Fsp3) is 0.310. The number of hydrogen-bond donors (Lipinski definition) is 4. The fourth-order valence-electron chi connectivity index (χ4n) is 4.54. The summed E-state index contributed by atoms with van der Waals surface area (Å²) in [5, 5.41) is 14.4. The van der Waals surface area contributed by atoms with Crippen LogP contribution in [0.2, 0.25) is 0 Å². The van der Waals surface area contributed by atoms with Crippen LogP contribution in [0.5, 0.6) is 0 Å². The maximum Gasteiger partial charge on any atom is 0.292 e. The largest absolute Gasteiger partial charge is 0.424 e. The number of carbonyl (C=O) groups excluding carboxylic acids is 1. The average Bonchev–Trinajstić information content (AvgIpc) is 3.29. The SMILES string of the molecule is Cc1c(N)cccc1C(=O)N[C@@H](Cc1ccccc1)[C@H](O)CN(CC(C)C)S(=O)(=O)c1ccc2nc(N)oc2c1. The van der Waals surface area contributed by atoms with Crippen LogP contribution < -0.4 is 16.8 Å². The molecule has 1 amide bonds. The quantitative estimate of drug-likeness (QED) is 0.201. The third-order valence-electron chi connectivity index (χ3n) is 6.67. The number of hydrogen-bond acceptors (Lipinski definition) is 8. The zero-order chi connectivity index (χ0) is 29.0. The molecule has 3 aromatic carbocycles. The van der Waals surface area contributed by atoms with Crippen LogP contribution in [0, 0.1) is 12.8 Å². The summed E-state index contributed by atoms with van der Waals surface area (Å²) in [7, 11) is -4.06. The van der Waals surface area contributed by atoms with Crippen molar-refractivity contribution in [2.75, 3.05) is 24.6 Å². The summed E-state index contributed by atoms with van der Waals surface area (Å²) in [4.78, 5) is 17.3. The lowest BCUT2D eigenvalue weighted by Crippen LogP contribution is -2.51. The highest BCUT2D eigenvalue weighted by atomic mass is 32.2. The highest BCUT2D eigenvalue weighted by molar-refractivity contribution is 7.89. The van der Waals surface area contributed by atoms with Gasteiger partial charge in [-0.15, -0.1) is 0 Å². The first kappa shape index (κ1) is 29.1. The van der Waals surface area contributed by atoms with Crippen molar-refractivity contribution in [2.24, 2.45) is 5.92 Å². The Bertz CT molecular complexity index is 1590. The Morgan fingerprint density at radius 2 is 1.77 bits per heavy atom. The molecule has 0 radical (unpaired) electrons. The zero-order valence-electron chi connectivity index (χ0n) is 22.7. The summed E-state index contributed by atoms with van der Waals surface area (Å²) in [6, 6.07) is 17.9. The predicted octanol–water partition coefficient (Wildman–Crippen LogP) is 3.35. The summed E-state index contributed by atoms with van der Waals surface area (Å²) >= 11 is 0. The van der Waals surface area contributed by atoms with Crippen LogP contribution in [0.4, 0.5) is 11.7 Å². The second-order valence-corrected chi connectivity index (χ2v) is 12.2. The second-order valence-electron chi connectivity index (χ2n) is 10.3. The molecule has 0 aliphatic carbocycles. The van der Waals surface area contributed by atoms with Crippen LogP contribution in [0.15, 0.2) is 76.0 Å². The van der Waals surface area contributed by atoms with Crippen molar-refractivity contribution in [3.8, 4) is 0 Å². The Labute approximate surface area is 234 Å². The van der Waals surface area contributed by atoms with E-state index in [0.29, 0.717) is 22.3 Å². The lowest BCUT2D eigenvalue weighted by Gasteiger charge is -2.31. The van der Waals surface area contributed by atoms with Crippen LogP contribution in [0.1, 0.15) is 35.3 Å². The molecule has 0 unspecified atom stereocenters. The number of nitrogens with zero attached hydrogens (tertiary/aromatic N) is 2. The van der Waals surface area contributed by atoms with Gasteiger partial charge in [0.2, 0.25) is 10.0 Å². The molecule has 0 aliphatic rings. The molecular formula is C29H35N5O5S. The van der Waals surface area contributed by atoms with Crippen molar-refractivity contribution in [3.63, 3.8) is 0 Å². The number of aliphatic hydroxyl groups is 1. The predicted molar refractivity (Wildman–Crippen MR) is 155 cm³/mol. The zero-order valence-corrected chi connectivity index (χ0v) is 23.6. The molecule has 0 bridgehead atoms. The number of sulfonamides is 1. The minimum Gasteiger partial charge on any atom is -0.424 e. The second kappa shape index (κ2) is 12.1. The standard InChI is InChI=1S/C29H35N5O5S/c1-18(2)16-34(40(37,38)21-12-13-24-27(15-21)39-29(31)33-24)17-26(35)25(14-20-8-5-4-6-9-20)32-28(36)22-10-7-11-23(30)19(22)3/h4-13,15,18,25-26,35H,14,16-17,30H2,1-3H3,(H2,31,33)(H,32,36)/t25-,26+/m0/s1. The van der Waals surface area contributed by atoms with E-state index in [1.807, 2.05) is 44.2 Å². The number of amides is 1. The number of nitrogens with one attached hydrogen (secondary N) is 1. The maximum absolute atomic E-state index is 13.8. The van der Waals surface area contributed by atoms with Crippen molar-refractivity contribution in [3.05, 3.63) is 83.4 Å². The minimum atomic E-state index is -4.06. The molecule has 0 saturated carbocycles. The van der Waals surface area contributed by atoms with Gasteiger partial charge in [-0.05, 0) is 54.7 Å². The number of rotatable bonds is 11. The van der Waals surface area contributed by atoms with Gasteiger partial charge in [-0.1, -0.05) is 50.2 Å². The summed E-state index contributed by atoms with van der Waals surface area (Å²) in [5.41, 5.74) is 14.7. The van der Waals surface area contributed by atoms with Gasteiger partial charge in [0.25, 0.3) is 11.9 Å². The van der Waals surface area contributed by atoms with E-state index in [0.717, 1.165) is 5.56 Å². The number of aliphatic hydroxyl groups excluding tert-OH is 1. The monoisotopic (exact) mass is 565 g/mol. The molecule has 11 heteroatoms. The van der Waals surface area contributed by atoms with E-state index < -0.39 is 28.1 Å². The van der Waals surface area contributed by atoms with Crippen LogP contribution in [-0.2, 0) is 16.4 Å². The van der Waals surface area contributed by atoms with Gasteiger partial charge in [0.1, 0.15) is 5.52 Å². The molecule has 40 heavy (non-hydrogen) atoms. The van der Waals surface area contributed by atoms with E-state index in [-0.39, 0.29) is 41.9 Å². The Morgan fingerprint density at radius 3 is 2.48 bits per heavy atom. The lowest BCUT2D eigenvalue weighted by molar-refractivity contribution is 0.0775. The van der Waals surface area contributed by atoms with E-state index in [2.05, 4.69) is 10.3 Å². The number of nitrogen functional groups attached to an aromatic ring is 2. The van der Waals surface area contributed by atoms with Gasteiger partial charge >= 0.3 is 0 Å². The van der Waals surface area contributed by atoms with Gasteiger partial charge in [0, 0.05) is 30.4 Å². The molecule has 4 aromatic rings.